The van der Waals surface area contributed by atoms with Crippen molar-refractivity contribution in [3.05, 3.63) is 182 Å². The Hall–Kier alpha value is -7.50. The fourth-order valence-electron chi connectivity index (χ4n) is 8.74. The standard InChI is InChI=1S/C50H30N4O/c1-3-13-31(14-4-1)32-23-25-34(26-24-32)53-41-21-11-8-17-35(41)36-27-28-39-45-42(29-30-44-46(45)38-19-9-12-22-43(38)55-44)54(49(39)48(36)53)50-51-40-20-10-7-18-37(40)47(52-50)33-15-5-2-6-16-33/h1-30H. The minimum Gasteiger partial charge on any atom is -0.456 e. The first-order valence-electron chi connectivity index (χ1n) is 18.6. The third-order valence-corrected chi connectivity index (χ3v) is 11.1. The van der Waals surface area contributed by atoms with Crippen molar-refractivity contribution in [2.75, 3.05) is 0 Å². The van der Waals surface area contributed by atoms with Crippen molar-refractivity contribution in [2.24, 2.45) is 0 Å². The molecule has 0 amide bonds. The van der Waals surface area contributed by atoms with E-state index in [1.54, 1.807) is 0 Å². The normalized spacial score (nSPS) is 12.0. The summed E-state index contributed by atoms with van der Waals surface area (Å²) in [7, 11) is 0. The number of para-hydroxylation sites is 3. The predicted molar refractivity (Wildman–Crippen MR) is 226 cm³/mol. The molecule has 55 heavy (non-hydrogen) atoms. The third-order valence-electron chi connectivity index (χ3n) is 11.1. The van der Waals surface area contributed by atoms with Crippen LogP contribution in [0.3, 0.4) is 0 Å². The Balaban J connectivity index is 1.27. The van der Waals surface area contributed by atoms with Crippen molar-refractivity contribution in [1.82, 2.24) is 19.1 Å². The molecule has 12 rings (SSSR count). The quantitative estimate of drug-likeness (QED) is 0.183. The van der Waals surface area contributed by atoms with Crippen LogP contribution in [0.5, 0.6) is 0 Å². The molecule has 0 saturated heterocycles. The van der Waals surface area contributed by atoms with E-state index in [4.69, 9.17) is 14.4 Å². The maximum absolute atomic E-state index is 6.49. The molecule has 8 aromatic carbocycles. The Bertz CT molecular complexity index is 3470. The highest BCUT2D eigenvalue weighted by Crippen LogP contribution is 2.45. The average molecular weight is 703 g/mol. The molecule has 4 heterocycles. The SMILES string of the molecule is c1ccc(-c2ccc(-n3c4ccccc4c4ccc5c6c7c(ccc6n(-c6nc(-c8ccccc8)c8ccccc8n6)c5c43)oc3ccccc37)cc2)cc1. The molecule has 5 heteroatoms. The van der Waals surface area contributed by atoms with Crippen molar-refractivity contribution in [3.8, 4) is 34.0 Å². The Morgan fingerprint density at radius 2 is 1.00 bits per heavy atom. The molecule has 0 N–H and O–H groups in total. The molecule has 12 aromatic rings. The molecule has 0 aliphatic rings. The van der Waals surface area contributed by atoms with E-state index in [1.165, 1.54) is 16.5 Å². The van der Waals surface area contributed by atoms with Crippen molar-refractivity contribution in [2.45, 2.75) is 0 Å². The predicted octanol–water partition coefficient (Wildman–Crippen LogP) is 13.1. The van der Waals surface area contributed by atoms with Gasteiger partial charge in [-0.05, 0) is 53.6 Å². The molecule has 256 valence electrons. The lowest BCUT2D eigenvalue weighted by molar-refractivity contribution is 0.669. The maximum atomic E-state index is 6.49. The van der Waals surface area contributed by atoms with Crippen LogP contribution in [-0.2, 0) is 0 Å². The van der Waals surface area contributed by atoms with Gasteiger partial charge in [-0.3, -0.25) is 4.57 Å². The zero-order valence-electron chi connectivity index (χ0n) is 29.5. The second-order valence-electron chi connectivity index (χ2n) is 14.1. The smallest absolute Gasteiger partial charge is 0.235 e. The number of aromatic nitrogens is 4. The molecular weight excluding hydrogens is 673 g/mol. The lowest BCUT2D eigenvalue weighted by atomic mass is 10.0. The highest BCUT2D eigenvalue weighted by atomic mass is 16.3. The monoisotopic (exact) mass is 702 g/mol. The van der Waals surface area contributed by atoms with Gasteiger partial charge in [0.25, 0.3) is 0 Å². The van der Waals surface area contributed by atoms with Crippen LogP contribution in [0, 0.1) is 0 Å². The summed E-state index contributed by atoms with van der Waals surface area (Å²) < 4.78 is 11.2. The van der Waals surface area contributed by atoms with E-state index in [9.17, 15) is 0 Å². The molecule has 0 atom stereocenters. The second-order valence-corrected chi connectivity index (χ2v) is 14.1. The van der Waals surface area contributed by atoms with Gasteiger partial charge in [0, 0.05) is 49.0 Å². The Labute approximate surface area is 315 Å². The topological polar surface area (TPSA) is 48.8 Å². The summed E-state index contributed by atoms with van der Waals surface area (Å²) >= 11 is 0. The fourth-order valence-corrected chi connectivity index (χ4v) is 8.74. The first kappa shape index (κ1) is 30.0. The number of furan rings is 1. The van der Waals surface area contributed by atoms with Crippen LogP contribution in [-0.4, -0.2) is 19.1 Å². The third kappa shape index (κ3) is 4.35. The second kappa shape index (κ2) is 11.5. The first-order valence-corrected chi connectivity index (χ1v) is 18.6. The highest BCUT2D eigenvalue weighted by molar-refractivity contribution is 6.31. The van der Waals surface area contributed by atoms with Crippen LogP contribution < -0.4 is 0 Å². The maximum Gasteiger partial charge on any atom is 0.235 e. The Morgan fingerprint density at radius 3 is 1.82 bits per heavy atom. The van der Waals surface area contributed by atoms with E-state index in [-0.39, 0.29) is 0 Å². The van der Waals surface area contributed by atoms with Gasteiger partial charge in [0.05, 0.1) is 33.3 Å². The summed E-state index contributed by atoms with van der Waals surface area (Å²) in [6.45, 7) is 0. The molecule has 0 fully saturated rings. The fraction of sp³-hybridized carbons (Fsp3) is 0. The average Bonchev–Trinajstić information content (AvgIpc) is 3.91. The molecule has 0 aliphatic heterocycles. The largest absolute Gasteiger partial charge is 0.456 e. The van der Waals surface area contributed by atoms with Gasteiger partial charge in [-0.25, -0.2) is 9.97 Å². The van der Waals surface area contributed by atoms with Crippen LogP contribution in [0.1, 0.15) is 0 Å². The Morgan fingerprint density at radius 1 is 0.364 bits per heavy atom. The van der Waals surface area contributed by atoms with Gasteiger partial charge < -0.3 is 8.98 Å². The van der Waals surface area contributed by atoms with E-state index >= 15 is 0 Å². The summed E-state index contributed by atoms with van der Waals surface area (Å²) in [4.78, 5) is 10.8. The van der Waals surface area contributed by atoms with Crippen molar-refractivity contribution in [1.29, 1.82) is 0 Å². The minimum absolute atomic E-state index is 0.619. The first-order chi connectivity index (χ1) is 27.3. The van der Waals surface area contributed by atoms with E-state index in [0.29, 0.717) is 5.95 Å². The van der Waals surface area contributed by atoms with Crippen LogP contribution >= 0.6 is 0 Å². The van der Waals surface area contributed by atoms with Gasteiger partial charge in [-0.1, -0.05) is 140 Å². The zero-order chi connectivity index (χ0) is 36.0. The molecule has 5 nitrogen and oxygen atoms in total. The number of benzene rings is 8. The minimum atomic E-state index is 0.619. The number of hydrogen-bond acceptors (Lipinski definition) is 3. The van der Waals surface area contributed by atoms with Crippen LogP contribution in [0.4, 0.5) is 0 Å². The van der Waals surface area contributed by atoms with Crippen LogP contribution in [0.15, 0.2) is 186 Å². The van der Waals surface area contributed by atoms with Crippen molar-refractivity contribution >= 4 is 76.5 Å². The summed E-state index contributed by atoms with van der Waals surface area (Å²) in [5.41, 5.74) is 12.3. The number of hydrogen-bond donors (Lipinski definition) is 0. The summed E-state index contributed by atoms with van der Waals surface area (Å²) in [6.07, 6.45) is 0. The summed E-state index contributed by atoms with van der Waals surface area (Å²) in [5.74, 6) is 0.619. The Kier molecular flexibility index (Phi) is 6.27. The zero-order valence-corrected chi connectivity index (χ0v) is 29.5. The lowest BCUT2D eigenvalue weighted by Crippen LogP contribution is -2.04. The van der Waals surface area contributed by atoms with Gasteiger partial charge >= 0.3 is 0 Å². The molecule has 4 aromatic heterocycles. The van der Waals surface area contributed by atoms with Gasteiger partial charge in [0.1, 0.15) is 11.2 Å². The van der Waals surface area contributed by atoms with Crippen molar-refractivity contribution in [3.63, 3.8) is 0 Å². The van der Waals surface area contributed by atoms with E-state index in [2.05, 4.69) is 173 Å². The number of fused-ring (bicyclic) bond motifs is 12. The van der Waals surface area contributed by atoms with Crippen molar-refractivity contribution < 1.29 is 4.42 Å². The number of nitrogens with zero attached hydrogens (tertiary/aromatic N) is 4. The molecule has 0 spiro atoms. The molecule has 0 bridgehead atoms. The lowest BCUT2D eigenvalue weighted by Gasteiger charge is -2.14. The van der Waals surface area contributed by atoms with Crippen LogP contribution in [0.2, 0.25) is 0 Å². The molecule has 0 saturated carbocycles. The molecule has 0 radical (unpaired) electrons. The summed E-state index contributed by atoms with van der Waals surface area (Å²) in [5, 5.41) is 7.78. The number of rotatable bonds is 4. The molecule has 0 aliphatic carbocycles. The van der Waals surface area contributed by atoms with E-state index < -0.39 is 0 Å². The molecule has 0 unspecified atom stereocenters. The van der Waals surface area contributed by atoms with Gasteiger partial charge in [-0.15, -0.1) is 0 Å². The van der Waals surface area contributed by atoms with Gasteiger partial charge in [0.2, 0.25) is 5.95 Å². The van der Waals surface area contributed by atoms with Gasteiger partial charge in [-0.2, -0.15) is 0 Å². The van der Waals surface area contributed by atoms with E-state index in [1.807, 2.05) is 18.2 Å². The molecular formula is C50H30N4O. The van der Waals surface area contributed by atoms with Crippen LogP contribution in [0.25, 0.3) is 110 Å². The summed E-state index contributed by atoms with van der Waals surface area (Å²) in [6, 6.07) is 64.1. The van der Waals surface area contributed by atoms with E-state index in [0.717, 1.165) is 88.0 Å². The van der Waals surface area contributed by atoms with Gasteiger partial charge in [0.15, 0.2) is 0 Å². The highest BCUT2D eigenvalue weighted by Gasteiger charge is 2.25.